The van der Waals surface area contributed by atoms with Crippen LogP contribution < -0.4 is 0 Å². The maximum atomic E-state index is 13.2. The standard InChI is InChI=1S/C25H32N2O6SSi/c1-15(33-35(5,6)25(2,3)4)21-19-13-17(22(24(29)30)27(19)23(21)28)14-34(31,32)20-12-11-16-9-7-8-10-18(16)26-20/h7-12,14-15,19,21-22H,13H2,1-6H3,(H,29,30). The van der Waals surface area contributed by atoms with Crippen LogP contribution >= 0.6 is 0 Å². The normalized spacial score (nSPS) is 25.0. The smallest absolute Gasteiger partial charge is 0.330 e. The average molecular weight is 517 g/mol. The monoisotopic (exact) mass is 516 g/mol. The number of rotatable bonds is 6. The van der Waals surface area contributed by atoms with E-state index in [-0.39, 0.29) is 28.0 Å². The van der Waals surface area contributed by atoms with Gasteiger partial charge in [-0.2, -0.15) is 0 Å². The lowest BCUT2D eigenvalue weighted by atomic mass is 9.84. The van der Waals surface area contributed by atoms with Gasteiger partial charge < -0.3 is 14.4 Å². The van der Waals surface area contributed by atoms with E-state index in [1.54, 1.807) is 18.2 Å². The van der Waals surface area contributed by atoms with Crippen LogP contribution in [0.3, 0.4) is 0 Å². The van der Waals surface area contributed by atoms with Crippen LogP contribution in [0.15, 0.2) is 52.4 Å². The van der Waals surface area contributed by atoms with Gasteiger partial charge in [-0.05, 0) is 55.2 Å². The van der Waals surface area contributed by atoms with Crippen LogP contribution in [0.1, 0.15) is 34.1 Å². The molecule has 4 unspecified atom stereocenters. The molecule has 1 aromatic carbocycles. The number of aromatic nitrogens is 1. The number of benzene rings is 1. The molecule has 0 saturated carbocycles. The van der Waals surface area contributed by atoms with Gasteiger partial charge in [0.1, 0.15) is 0 Å². The van der Waals surface area contributed by atoms with Crippen molar-refractivity contribution in [2.75, 3.05) is 0 Å². The fourth-order valence-corrected chi connectivity index (χ4v) is 7.41. The number of carboxylic acids is 1. The van der Waals surface area contributed by atoms with Crippen LogP contribution in [0.5, 0.6) is 0 Å². The first-order chi connectivity index (χ1) is 16.1. The highest BCUT2D eigenvalue weighted by molar-refractivity contribution is 7.94. The topological polar surface area (TPSA) is 114 Å². The van der Waals surface area contributed by atoms with Crippen LogP contribution in [0.25, 0.3) is 10.9 Å². The minimum absolute atomic E-state index is 0.0426. The van der Waals surface area contributed by atoms with E-state index in [1.807, 2.05) is 19.1 Å². The zero-order valence-corrected chi connectivity index (χ0v) is 22.7. The molecule has 4 atom stereocenters. The molecule has 0 aliphatic carbocycles. The molecule has 35 heavy (non-hydrogen) atoms. The summed E-state index contributed by atoms with van der Waals surface area (Å²) in [5.41, 5.74) is 0.719. The molecule has 2 aliphatic heterocycles. The first-order valence-electron chi connectivity index (χ1n) is 11.7. The maximum absolute atomic E-state index is 13.2. The quantitative estimate of drug-likeness (QED) is 0.456. The SMILES string of the molecule is CC(O[Si](C)(C)C(C)(C)C)C1C(=O)N2C(C(=O)O)C(=CS(=O)(=O)c3ccc4ccccc4n3)CC12. The summed E-state index contributed by atoms with van der Waals surface area (Å²) in [6.45, 7) is 12.4. The van der Waals surface area contributed by atoms with E-state index in [2.05, 4.69) is 38.8 Å². The van der Waals surface area contributed by atoms with E-state index in [0.29, 0.717) is 5.52 Å². The molecule has 188 valence electrons. The lowest BCUT2D eigenvalue weighted by Crippen LogP contribution is -2.65. The molecule has 2 saturated heterocycles. The Morgan fingerprint density at radius 1 is 1.23 bits per heavy atom. The van der Waals surface area contributed by atoms with Crippen LogP contribution in [0, 0.1) is 5.92 Å². The van der Waals surface area contributed by atoms with E-state index in [0.717, 1.165) is 10.8 Å². The molecule has 0 spiro atoms. The van der Waals surface area contributed by atoms with Crippen molar-refractivity contribution in [1.82, 2.24) is 9.88 Å². The molecule has 8 nitrogen and oxygen atoms in total. The van der Waals surface area contributed by atoms with Crippen LogP contribution in [-0.4, -0.2) is 61.8 Å². The van der Waals surface area contributed by atoms with Crippen molar-refractivity contribution < 1.29 is 27.5 Å². The van der Waals surface area contributed by atoms with Crippen molar-refractivity contribution in [2.24, 2.45) is 5.92 Å². The third kappa shape index (κ3) is 4.43. The number of nitrogens with zero attached hydrogens (tertiary/aromatic N) is 2. The highest BCUT2D eigenvalue weighted by Crippen LogP contribution is 2.47. The summed E-state index contributed by atoms with van der Waals surface area (Å²) in [6.07, 6.45) is -0.219. The molecular formula is C25H32N2O6SSi. The molecule has 10 heteroatoms. The Labute approximate surface area is 207 Å². The van der Waals surface area contributed by atoms with Gasteiger partial charge in [0.05, 0.1) is 23.6 Å². The molecule has 4 rings (SSSR count). The number of aliphatic carboxylic acids is 1. The van der Waals surface area contributed by atoms with Crippen LogP contribution in [0.2, 0.25) is 18.1 Å². The predicted molar refractivity (Wildman–Crippen MR) is 135 cm³/mol. The molecule has 0 bridgehead atoms. The van der Waals surface area contributed by atoms with Gasteiger partial charge in [0.15, 0.2) is 19.4 Å². The summed E-state index contributed by atoms with van der Waals surface area (Å²) in [5, 5.41) is 11.5. The number of hydrogen-bond donors (Lipinski definition) is 1. The van der Waals surface area contributed by atoms with Crippen molar-refractivity contribution in [2.45, 2.75) is 75.5 Å². The van der Waals surface area contributed by atoms with E-state index in [9.17, 15) is 23.1 Å². The molecule has 3 heterocycles. The fraction of sp³-hybridized carbons (Fsp3) is 0.480. The van der Waals surface area contributed by atoms with Gasteiger partial charge >= 0.3 is 5.97 Å². The van der Waals surface area contributed by atoms with Gasteiger partial charge in [-0.3, -0.25) is 4.79 Å². The van der Waals surface area contributed by atoms with Gasteiger partial charge in [-0.15, -0.1) is 0 Å². The lowest BCUT2D eigenvalue weighted by Gasteiger charge is -2.49. The number of carbonyl (C=O) groups excluding carboxylic acids is 1. The second-order valence-electron chi connectivity index (χ2n) is 10.9. The molecular weight excluding hydrogens is 484 g/mol. The Hall–Kier alpha value is -2.56. The molecule has 1 aromatic heterocycles. The largest absolute Gasteiger partial charge is 0.479 e. The Balaban J connectivity index is 1.63. The summed E-state index contributed by atoms with van der Waals surface area (Å²) in [5.74, 6) is -2.05. The number of carboxylic acid groups (broad SMARTS) is 1. The maximum Gasteiger partial charge on any atom is 0.330 e. The number of pyridine rings is 1. The van der Waals surface area contributed by atoms with Gasteiger partial charge in [-0.1, -0.05) is 39.0 Å². The molecule has 1 amide bonds. The minimum atomic E-state index is -4.02. The van der Waals surface area contributed by atoms with E-state index < -0.39 is 48.2 Å². The highest BCUT2D eigenvalue weighted by Gasteiger charge is 2.60. The highest BCUT2D eigenvalue weighted by atomic mass is 32.2. The number of carbonyl (C=O) groups is 2. The van der Waals surface area contributed by atoms with Gasteiger partial charge in [-0.25, -0.2) is 18.2 Å². The van der Waals surface area contributed by atoms with E-state index >= 15 is 0 Å². The number of β-lactam (4-membered cyclic amide) rings is 1. The second-order valence-corrected chi connectivity index (χ2v) is 17.4. The molecule has 2 aliphatic rings. The van der Waals surface area contributed by atoms with Crippen molar-refractivity contribution >= 4 is 40.9 Å². The summed E-state index contributed by atoms with van der Waals surface area (Å²) in [7, 11) is -6.18. The molecule has 2 aromatic rings. The Kier molecular flexibility index (Phi) is 6.22. The lowest BCUT2D eigenvalue weighted by molar-refractivity contribution is -0.168. The molecule has 0 radical (unpaired) electrons. The van der Waals surface area contributed by atoms with Crippen molar-refractivity contribution in [3.63, 3.8) is 0 Å². The van der Waals surface area contributed by atoms with Crippen LogP contribution in [0.4, 0.5) is 0 Å². The number of fused-ring (bicyclic) bond motifs is 2. The van der Waals surface area contributed by atoms with E-state index in [4.69, 9.17) is 4.43 Å². The van der Waals surface area contributed by atoms with Crippen LogP contribution in [-0.2, 0) is 23.9 Å². The van der Waals surface area contributed by atoms with Gasteiger partial charge in [0, 0.05) is 10.8 Å². The average Bonchev–Trinajstić information content (AvgIpc) is 3.05. The fourth-order valence-electron chi connectivity index (χ4n) is 4.75. The number of para-hydroxylation sites is 1. The van der Waals surface area contributed by atoms with Gasteiger partial charge in [0.25, 0.3) is 0 Å². The predicted octanol–water partition coefficient (Wildman–Crippen LogP) is 3.99. The third-order valence-corrected chi connectivity index (χ3v) is 13.6. The van der Waals surface area contributed by atoms with Crippen molar-refractivity contribution in [1.29, 1.82) is 0 Å². The number of hydrogen-bond acceptors (Lipinski definition) is 6. The summed E-state index contributed by atoms with van der Waals surface area (Å²) < 4.78 is 32.8. The molecule has 2 fully saturated rings. The van der Waals surface area contributed by atoms with Crippen molar-refractivity contribution in [3.05, 3.63) is 47.4 Å². The second kappa shape index (κ2) is 8.53. The number of amides is 1. The Bertz CT molecular complexity index is 1330. The summed E-state index contributed by atoms with van der Waals surface area (Å²) in [6, 6.07) is 8.53. The Morgan fingerprint density at radius 2 is 1.89 bits per heavy atom. The van der Waals surface area contributed by atoms with Gasteiger partial charge in [0.2, 0.25) is 15.7 Å². The summed E-state index contributed by atoms with van der Waals surface area (Å²) >= 11 is 0. The van der Waals surface area contributed by atoms with Crippen molar-refractivity contribution in [3.8, 4) is 0 Å². The zero-order chi connectivity index (χ0) is 25.9. The minimum Gasteiger partial charge on any atom is -0.479 e. The number of sulfone groups is 1. The molecule has 1 N–H and O–H groups in total. The summed E-state index contributed by atoms with van der Waals surface area (Å²) in [4.78, 5) is 30.7. The third-order valence-electron chi connectivity index (χ3n) is 7.58. The van der Waals surface area contributed by atoms with E-state index in [1.165, 1.54) is 11.0 Å². The first-order valence-corrected chi connectivity index (χ1v) is 16.1. The zero-order valence-electron chi connectivity index (χ0n) is 20.8. The first kappa shape index (κ1) is 25.5. The Morgan fingerprint density at radius 3 is 2.51 bits per heavy atom.